The number of amides is 1. The molecule has 0 aromatic heterocycles. The Morgan fingerprint density at radius 1 is 0.970 bits per heavy atom. The topological polar surface area (TPSA) is 75.3 Å². The van der Waals surface area contributed by atoms with Crippen molar-refractivity contribution >= 4 is 33.2 Å². The lowest BCUT2D eigenvalue weighted by Crippen LogP contribution is -2.24. The van der Waals surface area contributed by atoms with Gasteiger partial charge in [-0.2, -0.15) is 13.2 Å². The number of carbonyl (C=O) groups is 1. The van der Waals surface area contributed by atoms with Crippen molar-refractivity contribution in [1.82, 2.24) is 5.32 Å². The van der Waals surface area contributed by atoms with Crippen molar-refractivity contribution < 1.29 is 26.4 Å². The highest BCUT2D eigenvalue weighted by Crippen LogP contribution is 2.31. The molecule has 3 aromatic carbocycles. The molecule has 3 rings (SSSR count). The van der Waals surface area contributed by atoms with Gasteiger partial charge in [0, 0.05) is 11.3 Å². The molecule has 33 heavy (non-hydrogen) atoms. The number of rotatable bonds is 5. The molecule has 0 atom stereocenters. The molecule has 0 aliphatic heterocycles. The molecule has 0 saturated carbocycles. The van der Waals surface area contributed by atoms with E-state index in [0.717, 1.165) is 29.8 Å². The fourth-order valence-corrected chi connectivity index (χ4v) is 3.98. The fourth-order valence-electron chi connectivity index (χ4n) is 2.71. The van der Waals surface area contributed by atoms with Crippen molar-refractivity contribution in [3.05, 3.63) is 94.5 Å². The standard InChI is InChI=1S/C23H16ClF3N2O3S/c24-21-12-11-19(33(31,32)29-18-10-4-9-17(14-18)23(25,26)27)15-20(21)22(30)28-13-5-8-16-6-2-1-3-7-16/h1-4,6-7,9-12,14-15,29H,13H2,(H,28,30). The normalized spacial score (nSPS) is 11.3. The Morgan fingerprint density at radius 3 is 2.39 bits per heavy atom. The first-order valence-corrected chi connectivity index (χ1v) is 11.2. The Balaban J connectivity index is 1.76. The number of alkyl halides is 3. The fraction of sp³-hybridized carbons (Fsp3) is 0.0870. The second-order valence-corrected chi connectivity index (χ2v) is 8.77. The van der Waals surface area contributed by atoms with Gasteiger partial charge < -0.3 is 5.32 Å². The van der Waals surface area contributed by atoms with Gasteiger partial charge in [0.15, 0.2) is 0 Å². The zero-order valence-electron chi connectivity index (χ0n) is 16.8. The van der Waals surface area contributed by atoms with Crippen molar-refractivity contribution in [1.29, 1.82) is 0 Å². The lowest BCUT2D eigenvalue weighted by molar-refractivity contribution is -0.137. The van der Waals surface area contributed by atoms with Crippen LogP contribution in [0.15, 0.2) is 77.7 Å². The highest BCUT2D eigenvalue weighted by molar-refractivity contribution is 7.92. The Kier molecular flexibility index (Phi) is 7.31. The Labute approximate surface area is 193 Å². The van der Waals surface area contributed by atoms with Crippen LogP contribution in [-0.2, 0) is 16.2 Å². The molecule has 170 valence electrons. The Morgan fingerprint density at radius 2 is 1.70 bits per heavy atom. The molecule has 3 aromatic rings. The number of halogens is 4. The summed E-state index contributed by atoms with van der Waals surface area (Å²) in [5, 5.41) is 2.53. The first kappa shape index (κ1) is 24.2. The van der Waals surface area contributed by atoms with Gasteiger partial charge in [-0.25, -0.2) is 8.42 Å². The number of hydrogen-bond acceptors (Lipinski definition) is 3. The van der Waals surface area contributed by atoms with Gasteiger partial charge in [-0.1, -0.05) is 47.7 Å². The maximum Gasteiger partial charge on any atom is 0.416 e. The van der Waals surface area contributed by atoms with Crippen molar-refractivity contribution in [2.24, 2.45) is 0 Å². The highest BCUT2D eigenvalue weighted by Gasteiger charge is 2.30. The first-order chi connectivity index (χ1) is 15.6. The molecule has 0 aliphatic carbocycles. The van der Waals surface area contributed by atoms with E-state index in [2.05, 4.69) is 21.9 Å². The molecule has 0 aliphatic rings. The van der Waals surface area contributed by atoms with Gasteiger partial charge >= 0.3 is 6.18 Å². The number of benzene rings is 3. The quantitative estimate of drug-likeness (QED) is 0.495. The number of carbonyl (C=O) groups excluding carboxylic acids is 1. The summed E-state index contributed by atoms with van der Waals surface area (Å²) >= 11 is 6.04. The van der Waals surface area contributed by atoms with Crippen LogP contribution in [0.4, 0.5) is 18.9 Å². The summed E-state index contributed by atoms with van der Waals surface area (Å²) in [7, 11) is -4.29. The smallest absolute Gasteiger partial charge is 0.341 e. The molecular formula is C23H16ClF3N2O3S. The van der Waals surface area contributed by atoms with Crippen LogP contribution in [0.5, 0.6) is 0 Å². The number of nitrogens with one attached hydrogen (secondary N) is 2. The third-order valence-corrected chi connectivity index (χ3v) is 5.99. The van der Waals surface area contributed by atoms with E-state index in [1.165, 1.54) is 12.1 Å². The molecule has 0 unspecified atom stereocenters. The minimum absolute atomic E-state index is 0.00142. The summed E-state index contributed by atoms with van der Waals surface area (Å²) in [5.74, 6) is 4.98. The van der Waals surface area contributed by atoms with Crippen LogP contribution in [-0.4, -0.2) is 20.9 Å². The van der Waals surface area contributed by atoms with Crippen molar-refractivity contribution in [2.45, 2.75) is 11.1 Å². The predicted octanol–water partition coefficient (Wildman–Crippen LogP) is 4.94. The molecule has 0 fully saturated rings. The minimum atomic E-state index is -4.63. The van der Waals surface area contributed by atoms with Crippen LogP contribution in [0.1, 0.15) is 21.5 Å². The third kappa shape index (κ3) is 6.51. The third-order valence-electron chi connectivity index (χ3n) is 4.28. The molecule has 0 radical (unpaired) electrons. The van der Waals surface area contributed by atoms with E-state index in [1.54, 1.807) is 12.1 Å². The number of anilines is 1. The maximum atomic E-state index is 12.9. The van der Waals surface area contributed by atoms with Gasteiger partial charge in [0.05, 0.1) is 27.6 Å². The van der Waals surface area contributed by atoms with Gasteiger partial charge in [0.2, 0.25) is 0 Å². The summed E-state index contributed by atoms with van der Waals surface area (Å²) in [6.07, 6.45) is -4.63. The van der Waals surface area contributed by atoms with Gasteiger partial charge in [-0.05, 0) is 48.5 Å². The lowest BCUT2D eigenvalue weighted by Gasteiger charge is -2.12. The summed E-state index contributed by atoms with van der Waals surface area (Å²) < 4.78 is 66.1. The van der Waals surface area contributed by atoms with E-state index in [0.29, 0.717) is 6.07 Å². The van der Waals surface area contributed by atoms with Gasteiger partial charge in [0.25, 0.3) is 15.9 Å². The monoisotopic (exact) mass is 492 g/mol. The average molecular weight is 493 g/mol. The first-order valence-electron chi connectivity index (χ1n) is 9.38. The minimum Gasteiger partial charge on any atom is -0.341 e. The lowest BCUT2D eigenvalue weighted by atomic mass is 10.2. The number of sulfonamides is 1. The van der Waals surface area contributed by atoms with Crippen LogP contribution >= 0.6 is 11.6 Å². The van der Waals surface area contributed by atoms with E-state index in [4.69, 9.17) is 11.6 Å². The average Bonchev–Trinajstić information content (AvgIpc) is 2.77. The largest absolute Gasteiger partial charge is 0.416 e. The summed E-state index contributed by atoms with van der Waals surface area (Å²) in [6, 6.07) is 16.3. The molecular weight excluding hydrogens is 477 g/mol. The van der Waals surface area contributed by atoms with E-state index in [1.807, 2.05) is 18.2 Å². The molecule has 0 saturated heterocycles. The molecule has 0 spiro atoms. The van der Waals surface area contributed by atoms with Crippen molar-refractivity contribution in [3.63, 3.8) is 0 Å². The number of hydrogen-bond donors (Lipinski definition) is 2. The maximum absolute atomic E-state index is 12.9. The van der Waals surface area contributed by atoms with Crippen molar-refractivity contribution in [2.75, 3.05) is 11.3 Å². The second-order valence-electron chi connectivity index (χ2n) is 6.68. The SMILES string of the molecule is O=C(NCC#Cc1ccccc1)c1cc(S(=O)(=O)Nc2cccc(C(F)(F)F)c2)ccc1Cl. The molecule has 0 bridgehead atoms. The summed E-state index contributed by atoms with van der Waals surface area (Å²) in [6.45, 7) is -0.0104. The molecule has 0 heterocycles. The van der Waals surface area contributed by atoms with Crippen molar-refractivity contribution in [3.8, 4) is 11.8 Å². The Bertz CT molecular complexity index is 1330. The van der Waals surface area contributed by atoms with Crippen LogP contribution < -0.4 is 10.0 Å². The zero-order valence-corrected chi connectivity index (χ0v) is 18.4. The van der Waals surface area contributed by atoms with Crippen LogP contribution in [0.25, 0.3) is 0 Å². The van der Waals surface area contributed by atoms with Crippen LogP contribution in [0, 0.1) is 11.8 Å². The van der Waals surface area contributed by atoms with Crippen LogP contribution in [0.2, 0.25) is 5.02 Å². The summed E-state index contributed by atoms with van der Waals surface area (Å²) in [5.41, 5.74) is -0.638. The predicted molar refractivity (Wildman–Crippen MR) is 119 cm³/mol. The van der Waals surface area contributed by atoms with Gasteiger partial charge in [-0.3, -0.25) is 9.52 Å². The molecule has 2 N–H and O–H groups in total. The van der Waals surface area contributed by atoms with Gasteiger partial charge in [0.1, 0.15) is 0 Å². The molecule has 10 heteroatoms. The summed E-state index contributed by atoms with van der Waals surface area (Å²) in [4.78, 5) is 12.1. The Hall–Kier alpha value is -3.48. The van der Waals surface area contributed by atoms with E-state index >= 15 is 0 Å². The molecule has 1 amide bonds. The van der Waals surface area contributed by atoms with E-state index < -0.39 is 27.7 Å². The van der Waals surface area contributed by atoms with E-state index in [-0.39, 0.29) is 27.7 Å². The highest BCUT2D eigenvalue weighted by atomic mass is 35.5. The second kappa shape index (κ2) is 9.98. The molecule has 5 nitrogen and oxygen atoms in total. The van der Waals surface area contributed by atoms with Crippen LogP contribution in [0.3, 0.4) is 0 Å². The van der Waals surface area contributed by atoms with Gasteiger partial charge in [-0.15, -0.1) is 0 Å². The zero-order chi connectivity index (χ0) is 24.1. The van der Waals surface area contributed by atoms with E-state index in [9.17, 15) is 26.4 Å².